The first-order valence-corrected chi connectivity index (χ1v) is 8.28. The molecule has 0 spiro atoms. The van der Waals surface area contributed by atoms with E-state index in [0.717, 1.165) is 4.90 Å². The Kier molecular flexibility index (Phi) is 4.84. The number of carbonyl (C=O) groups is 3. The predicted molar refractivity (Wildman–Crippen MR) is 91.8 cm³/mol. The fraction of sp³-hybridized carbons (Fsp3) is 0.250. The number of rotatable bonds is 5. The van der Waals surface area contributed by atoms with E-state index in [1.54, 1.807) is 44.2 Å². The van der Waals surface area contributed by atoms with Crippen LogP contribution in [0.2, 0.25) is 0 Å². The molecule has 0 aliphatic carbocycles. The normalized spacial score (nSPS) is 14.5. The van der Waals surface area contributed by atoms with Crippen LogP contribution in [0.4, 0.5) is 4.39 Å². The summed E-state index contributed by atoms with van der Waals surface area (Å²) in [5.74, 6) is -2.62. The van der Waals surface area contributed by atoms with E-state index in [-0.39, 0.29) is 29.2 Å². The number of amides is 2. The fourth-order valence-corrected chi connectivity index (χ4v) is 2.99. The van der Waals surface area contributed by atoms with E-state index in [1.807, 2.05) is 0 Å². The lowest BCUT2D eigenvalue weighted by Crippen LogP contribution is -2.48. The first-order valence-electron chi connectivity index (χ1n) is 8.28. The Morgan fingerprint density at radius 3 is 2.08 bits per heavy atom. The van der Waals surface area contributed by atoms with Crippen molar-refractivity contribution in [2.24, 2.45) is 5.92 Å². The van der Waals surface area contributed by atoms with Gasteiger partial charge in [-0.05, 0) is 24.1 Å². The third kappa shape index (κ3) is 3.10. The van der Waals surface area contributed by atoms with Gasteiger partial charge in [-0.2, -0.15) is 0 Å². The van der Waals surface area contributed by atoms with Gasteiger partial charge in [0.05, 0.1) is 11.1 Å². The van der Waals surface area contributed by atoms with Gasteiger partial charge in [-0.1, -0.05) is 44.2 Å². The van der Waals surface area contributed by atoms with E-state index in [0.29, 0.717) is 0 Å². The summed E-state index contributed by atoms with van der Waals surface area (Å²) in [5.41, 5.74) is 0.765. The number of hydrogen-bond donors (Lipinski definition) is 0. The molecule has 2 amide bonds. The highest BCUT2D eigenvalue weighted by atomic mass is 19.1. The molecule has 1 atom stereocenters. The number of ether oxygens (including phenoxy) is 1. The number of imide groups is 1. The van der Waals surface area contributed by atoms with Gasteiger partial charge in [0.1, 0.15) is 18.5 Å². The van der Waals surface area contributed by atoms with E-state index in [4.69, 9.17) is 4.74 Å². The minimum atomic E-state index is -1.07. The zero-order valence-electron chi connectivity index (χ0n) is 14.4. The van der Waals surface area contributed by atoms with Crippen LogP contribution in [-0.4, -0.2) is 28.7 Å². The summed E-state index contributed by atoms with van der Waals surface area (Å²) in [6, 6.07) is 11.3. The van der Waals surface area contributed by atoms with Crippen molar-refractivity contribution in [2.75, 3.05) is 0 Å². The Morgan fingerprint density at radius 1 is 1.00 bits per heavy atom. The second kappa shape index (κ2) is 7.07. The maximum absolute atomic E-state index is 13.7. The van der Waals surface area contributed by atoms with Crippen molar-refractivity contribution in [1.29, 1.82) is 0 Å². The van der Waals surface area contributed by atoms with Crippen LogP contribution in [0.25, 0.3) is 0 Å². The monoisotopic (exact) mass is 355 g/mol. The molecule has 0 N–H and O–H groups in total. The lowest BCUT2D eigenvalue weighted by molar-refractivity contribution is -0.151. The Hall–Kier alpha value is -3.02. The topological polar surface area (TPSA) is 63.7 Å². The summed E-state index contributed by atoms with van der Waals surface area (Å²) in [4.78, 5) is 38.8. The molecule has 0 bridgehead atoms. The molecule has 6 heteroatoms. The van der Waals surface area contributed by atoms with Crippen molar-refractivity contribution < 1.29 is 23.5 Å². The minimum absolute atomic E-state index is 0.228. The van der Waals surface area contributed by atoms with Crippen LogP contribution >= 0.6 is 0 Å². The van der Waals surface area contributed by atoms with Crippen LogP contribution < -0.4 is 0 Å². The van der Waals surface area contributed by atoms with Crippen LogP contribution in [-0.2, 0) is 16.1 Å². The predicted octanol–water partition coefficient (Wildman–Crippen LogP) is 3.19. The highest BCUT2D eigenvalue weighted by molar-refractivity contribution is 6.22. The lowest BCUT2D eigenvalue weighted by Gasteiger charge is -2.27. The third-order valence-corrected chi connectivity index (χ3v) is 4.30. The summed E-state index contributed by atoms with van der Waals surface area (Å²) in [6.07, 6.45) is 0. The molecule has 134 valence electrons. The number of esters is 1. The van der Waals surface area contributed by atoms with Gasteiger partial charge in [0, 0.05) is 5.56 Å². The van der Waals surface area contributed by atoms with Crippen molar-refractivity contribution in [1.82, 2.24) is 4.90 Å². The van der Waals surface area contributed by atoms with Gasteiger partial charge in [0.2, 0.25) is 0 Å². The minimum Gasteiger partial charge on any atom is -0.459 e. The fourth-order valence-electron chi connectivity index (χ4n) is 2.99. The number of fused-ring (bicyclic) bond motifs is 1. The van der Waals surface area contributed by atoms with Gasteiger partial charge in [0.25, 0.3) is 11.8 Å². The highest BCUT2D eigenvalue weighted by Crippen LogP contribution is 2.27. The number of halogens is 1. The molecule has 3 rings (SSSR count). The summed E-state index contributed by atoms with van der Waals surface area (Å²) >= 11 is 0. The SMILES string of the molecule is CC(C)[C@@H](C(=O)OCc1ccccc1F)N1C(=O)c2ccccc2C1=O. The zero-order valence-corrected chi connectivity index (χ0v) is 14.4. The van der Waals surface area contributed by atoms with E-state index in [1.165, 1.54) is 18.2 Å². The van der Waals surface area contributed by atoms with Gasteiger partial charge in [-0.15, -0.1) is 0 Å². The van der Waals surface area contributed by atoms with Crippen LogP contribution in [0.5, 0.6) is 0 Å². The number of nitrogens with zero attached hydrogens (tertiary/aromatic N) is 1. The van der Waals surface area contributed by atoms with Gasteiger partial charge in [-0.3, -0.25) is 14.5 Å². The largest absolute Gasteiger partial charge is 0.459 e. The second-order valence-electron chi connectivity index (χ2n) is 6.41. The summed E-state index contributed by atoms with van der Waals surface area (Å²) in [5, 5.41) is 0. The Balaban J connectivity index is 1.82. The van der Waals surface area contributed by atoms with Gasteiger partial charge in [0.15, 0.2) is 0 Å². The van der Waals surface area contributed by atoms with E-state index >= 15 is 0 Å². The molecule has 26 heavy (non-hydrogen) atoms. The van der Waals surface area contributed by atoms with Crippen LogP contribution in [0.3, 0.4) is 0 Å². The Labute approximate surface area is 150 Å². The number of hydrogen-bond acceptors (Lipinski definition) is 4. The summed E-state index contributed by atoms with van der Waals surface area (Å²) in [6.45, 7) is 3.18. The molecule has 1 aliphatic heterocycles. The zero-order chi connectivity index (χ0) is 18.8. The van der Waals surface area contributed by atoms with Crippen LogP contribution in [0.15, 0.2) is 48.5 Å². The van der Waals surface area contributed by atoms with Crippen molar-refractivity contribution >= 4 is 17.8 Å². The first kappa shape index (κ1) is 17.8. The molecule has 0 aromatic heterocycles. The lowest BCUT2D eigenvalue weighted by atomic mass is 10.0. The molecule has 0 radical (unpaired) electrons. The molecular formula is C20H18FNO4. The van der Waals surface area contributed by atoms with Crippen molar-refractivity contribution in [3.63, 3.8) is 0 Å². The van der Waals surface area contributed by atoms with Crippen LogP contribution in [0.1, 0.15) is 40.1 Å². The standard InChI is InChI=1S/C20H18FNO4/c1-12(2)17(20(25)26-11-13-7-3-6-10-16(13)21)22-18(23)14-8-4-5-9-15(14)19(22)24/h3-10,12,17H,11H2,1-2H3/t17-/m0/s1. The van der Waals surface area contributed by atoms with E-state index < -0.39 is 29.6 Å². The molecule has 2 aromatic rings. The van der Waals surface area contributed by atoms with E-state index in [9.17, 15) is 18.8 Å². The molecular weight excluding hydrogens is 337 g/mol. The van der Waals surface area contributed by atoms with Gasteiger partial charge < -0.3 is 4.74 Å². The second-order valence-corrected chi connectivity index (χ2v) is 6.41. The van der Waals surface area contributed by atoms with E-state index in [2.05, 4.69) is 0 Å². The average molecular weight is 355 g/mol. The molecule has 1 aliphatic rings. The van der Waals surface area contributed by atoms with Crippen molar-refractivity contribution in [3.05, 3.63) is 71.0 Å². The molecule has 1 heterocycles. The smallest absolute Gasteiger partial charge is 0.329 e. The van der Waals surface area contributed by atoms with Gasteiger partial charge in [-0.25, -0.2) is 9.18 Å². The first-order chi connectivity index (χ1) is 12.4. The molecule has 5 nitrogen and oxygen atoms in total. The molecule has 0 saturated carbocycles. The molecule has 0 fully saturated rings. The maximum Gasteiger partial charge on any atom is 0.329 e. The molecule has 0 unspecified atom stereocenters. The maximum atomic E-state index is 13.7. The molecule has 0 saturated heterocycles. The Bertz CT molecular complexity index is 843. The van der Waals surface area contributed by atoms with Crippen LogP contribution in [0, 0.1) is 11.7 Å². The molecule has 2 aromatic carbocycles. The highest BCUT2D eigenvalue weighted by Gasteiger charge is 2.44. The van der Waals surface area contributed by atoms with Gasteiger partial charge >= 0.3 is 5.97 Å². The number of benzene rings is 2. The third-order valence-electron chi connectivity index (χ3n) is 4.30. The van der Waals surface area contributed by atoms with Crippen molar-refractivity contribution in [3.8, 4) is 0 Å². The average Bonchev–Trinajstić information content (AvgIpc) is 2.87. The van der Waals surface area contributed by atoms with Crippen molar-refractivity contribution in [2.45, 2.75) is 26.5 Å². The quantitative estimate of drug-likeness (QED) is 0.610. The Morgan fingerprint density at radius 2 is 1.54 bits per heavy atom. The summed E-state index contributed by atoms with van der Waals surface area (Å²) < 4.78 is 18.9. The summed E-state index contributed by atoms with van der Waals surface area (Å²) in [7, 11) is 0. The number of carbonyl (C=O) groups excluding carboxylic acids is 3.